The Morgan fingerprint density at radius 1 is 1.14 bits per heavy atom. The van der Waals surface area contributed by atoms with Crippen molar-refractivity contribution in [3.63, 3.8) is 0 Å². The zero-order valence-corrected chi connectivity index (χ0v) is 19.2. The van der Waals surface area contributed by atoms with E-state index in [1.165, 1.54) is 25.7 Å². The first kappa shape index (κ1) is 22.0. The predicted octanol–water partition coefficient (Wildman–Crippen LogP) is 3.89. The van der Waals surface area contributed by atoms with Gasteiger partial charge in [0.2, 0.25) is 5.91 Å². The summed E-state index contributed by atoms with van der Waals surface area (Å²) in [6, 6.07) is -0.117. The molecule has 1 aliphatic carbocycles. The number of aromatic nitrogens is 3. The maximum atomic E-state index is 12.1. The second-order valence-electron chi connectivity index (χ2n) is 9.85. The maximum absolute atomic E-state index is 12.1. The number of amides is 1. The van der Waals surface area contributed by atoms with Gasteiger partial charge in [-0.3, -0.25) is 4.79 Å². The summed E-state index contributed by atoms with van der Waals surface area (Å²) in [5.41, 5.74) is 3.64. The molecule has 29 heavy (non-hydrogen) atoms. The highest BCUT2D eigenvalue weighted by atomic mass is 16.1. The Kier molecular flexibility index (Phi) is 6.82. The summed E-state index contributed by atoms with van der Waals surface area (Å²) in [6.45, 7) is 17.0. The molecule has 0 unspecified atom stereocenters. The number of allylic oxidation sites excluding steroid dienone is 1. The lowest BCUT2D eigenvalue weighted by molar-refractivity contribution is -0.124. The molecular formula is C23H39N5O. The molecule has 0 saturated carbocycles. The molecule has 0 bridgehead atoms. The molecule has 2 heterocycles. The molecule has 0 radical (unpaired) electrons. The summed E-state index contributed by atoms with van der Waals surface area (Å²) in [7, 11) is 0. The molecule has 6 heteroatoms. The van der Waals surface area contributed by atoms with E-state index >= 15 is 0 Å². The van der Waals surface area contributed by atoms with Crippen LogP contribution in [0.15, 0.2) is 11.1 Å². The third kappa shape index (κ3) is 5.08. The minimum atomic E-state index is -0.117. The summed E-state index contributed by atoms with van der Waals surface area (Å²) in [4.78, 5) is 14.6. The molecule has 0 spiro atoms. The van der Waals surface area contributed by atoms with Gasteiger partial charge in [-0.25, -0.2) is 0 Å². The van der Waals surface area contributed by atoms with Gasteiger partial charge in [0.15, 0.2) is 5.82 Å². The Bertz CT molecular complexity index is 761. The van der Waals surface area contributed by atoms with Crippen LogP contribution in [0.4, 0.5) is 0 Å². The molecule has 1 N–H and O–H groups in total. The van der Waals surface area contributed by atoms with E-state index in [9.17, 15) is 4.79 Å². The van der Waals surface area contributed by atoms with Gasteiger partial charge in [0.1, 0.15) is 5.82 Å². The molecule has 0 saturated heterocycles. The second kappa shape index (κ2) is 8.99. The molecule has 6 nitrogen and oxygen atoms in total. The smallest absolute Gasteiger partial charge is 0.223 e. The van der Waals surface area contributed by atoms with Crippen molar-refractivity contribution in [2.75, 3.05) is 19.6 Å². The van der Waals surface area contributed by atoms with Crippen molar-refractivity contribution >= 4 is 5.91 Å². The van der Waals surface area contributed by atoms with E-state index in [1.807, 2.05) is 20.8 Å². The summed E-state index contributed by atoms with van der Waals surface area (Å²) in [5.74, 6) is 1.95. The number of hydrogen-bond acceptors (Lipinski definition) is 4. The molecule has 162 valence electrons. The quantitative estimate of drug-likeness (QED) is 0.735. The van der Waals surface area contributed by atoms with E-state index in [-0.39, 0.29) is 17.9 Å². The van der Waals surface area contributed by atoms with Crippen molar-refractivity contribution in [1.29, 1.82) is 0 Å². The van der Waals surface area contributed by atoms with Crippen LogP contribution in [-0.4, -0.2) is 45.2 Å². The van der Waals surface area contributed by atoms with Gasteiger partial charge in [-0.1, -0.05) is 38.8 Å². The van der Waals surface area contributed by atoms with Crippen molar-refractivity contribution in [2.24, 2.45) is 11.3 Å². The van der Waals surface area contributed by atoms with Crippen LogP contribution in [0.3, 0.4) is 0 Å². The van der Waals surface area contributed by atoms with E-state index in [0.717, 1.165) is 44.2 Å². The fraction of sp³-hybridized carbons (Fsp3) is 0.783. The third-order valence-electron chi connectivity index (χ3n) is 6.78. The SMILES string of the molecule is CC1=C(CCN2CCc3nnc([C@@H](C)NC(=O)C(C)C)n3CC2)C(C)(C)CCC1. The van der Waals surface area contributed by atoms with E-state index in [1.54, 1.807) is 11.1 Å². The molecule has 0 fully saturated rings. The Labute approximate surface area is 176 Å². The largest absolute Gasteiger partial charge is 0.346 e. The Morgan fingerprint density at radius 3 is 2.59 bits per heavy atom. The highest BCUT2D eigenvalue weighted by Gasteiger charge is 2.29. The van der Waals surface area contributed by atoms with E-state index in [2.05, 4.69) is 45.8 Å². The molecular weight excluding hydrogens is 362 g/mol. The van der Waals surface area contributed by atoms with E-state index in [0.29, 0.717) is 5.41 Å². The lowest BCUT2D eigenvalue weighted by Crippen LogP contribution is -2.33. The lowest BCUT2D eigenvalue weighted by atomic mass is 9.71. The van der Waals surface area contributed by atoms with Gasteiger partial charge in [0.25, 0.3) is 0 Å². The molecule has 1 aliphatic heterocycles. The topological polar surface area (TPSA) is 63.1 Å². The first-order valence-corrected chi connectivity index (χ1v) is 11.3. The average Bonchev–Trinajstić information content (AvgIpc) is 2.94. The van der Waals surface area contributed by atoms with Gasteiger partial charge < -0.3 is 14.8 Å². The molecule has 1 aromatic rings. The molecule has 1 aromatic heterocycles. The van der Waals surface area contributed by atoms with Crippen molar-refractivity contribution in [3.8, 4) is 0 Å². The van der Waals surface area contributed by atoms with Crippen LogP contribution < -0.4 is 5.32 Å². The lowest BCUT2D eigenvalue weighted by Gasteiger charge is -2.35. The molecule has 2 aliphatic rings. The fourth-order valence-corrected chi connectivity index (χ4v) is 4.87. The molecule has 3 rings (SSSR count). The van der Waals surface area contributed by atoms with Crippen LogP contribution in [0.1, 0.15) is 84.9 Å². The van der Waals surface area contributed by atoms with E-state index in [4.69, 9.17) is 0 Å². The van der Waals surface area contributed by atoms with Crippen molar-refractivity contribution in [2.45, 2.75) is 86.2 Å². The highest BCUT2D eigenvalue weighted by Crippen LogP contribution is 2.41. The Balaban J connectivity index is 1.61. The second-order valence-corrected chi connectivity index (χ2v) is 9.85. The summed E-state index contributed by atoms with van der Waals surface area (Å²) < 4.78 is 2.22. The summed E-state index contributed by atoms with van der Waals surface area (Å²) >= 11 is 0. The monoisotopic (exact) mass is 401 g/mol. The van der Waals surface area contributed by atoms with Gasteiger partial charge in [-0.05, 0) is 44.9 Å². The van der Waals surface area contributed by atoms with Crippen molar-refractivity contribution in [3.05, 3.63) is 22.8 Å². The van der Waals surface area contributed by atoms with Crippen LogP contribution in [-0.2, 0) is 17.8 Å². The third-order valence-corrected chi connectivity index (χ3v) is 6.78. The standard InChI is InChI=1S/C23H39N5O/c1-16(2)22(29)24-18(4)21-26-25-20-10-13-27(14-15-28(20)21)12-9-19-17(3)8-7-11-23(19,5)6/h16,18H,7-15H2,1-6H3,(H,24,29)/t18-/m1/s1. The number of nitrogens with one attached hydrogen (secondary N) is 1. The van der Waals surface area contributed by atoms with Crippen molar-refractivity contribution in [1.82, 2.24) is 25.0 Å². The average molecular weight is 402 g/mol. The Morgan fingerprint density at radius 2 is 1.90 bits per heavy atom. The van der Waals surface area contributed by atoms with Gasteiger partial charge in [-0.15, -0.1) is 10.2 Å². The summed E-state index contributed by atoms with van der Waals surface area (Å²) in [6.07, 6.45) is 5.99. The summed E-state index contributed by atoms with van der Waals surface area (Å²) in [5, 5.41) is 11.9. The zero-order valence-electron chi connectivity index (χ0n) is 19.2. The van der Waals surface area contributed by atoms with Crippen LogP contribution in [0, 0.1) is 11.3 Å². The molecule has 1 atom stereocenters. The first-order chi connectivity index (χ1) is 13.7. The molecule has 1 amide bonds. The van der Waals surface area contributed by atoms with Crippen LogP contribution >= 0.6 is 0 Å². The van der Waals surface area contributed by atoms with Gasteiger partial charge >= 0.3 is 0 Å². The van der Waals surface area contributed by atoms with Crippen LogP contribution in [0.25, 0.3) is 0 Å². The number of carbonyl (C=O) groups excluding carboxylic acids is 1. The first-order valence-electron chi connectivity index (χ1n) is 11.3. The number of carbonyl (C=O) groups is 1. The number of nitrogens with zero attached hydrogens (tertiary/aromatic N) is 4. The van der Waals surface area contributed by atoms with Gasteiger partial charge in [0.05, 0.1) is 6.04 Å². The zero-order chi connectivity index (χ0) is 21.2. The van der Waals surface area contributed by atoms with Crippen molar-refractivity contribution < 1.29 is 4.79 Å². The maximum Gasteiger partial charge on any atom is 0.223 e. The van der Waals surface area contributed by atoms with Gasteiger partial charge in [0, 0.05) is 38.5 Å². The minimum Gasteiger partial charge on any atom is -0.346 e. The number of rotatable bonds is 6. The normalized spacial score (nSPS) is 21.1. The highest BCUT2D eigenvalue weighted by molar-refractivity contribution is 5.78. The predicted molar refractivity (Wildman–Crippen MR) is 117 cm³/mol. The van der Waals surface area contributed by atoms with Crippen LogP contribution in [0.2, 0.25) is 0 Å². The fourth-order valence-electron chi connectivity index (χ4n) is 4.87. The minimum absolute atomic E-state index is 0.0266. The molecule has 0 aromatic carbocycles. The van der Waals surface area contributed by atoms with E-state index < -0.39 is 0 Å². The number of fused-ring (bicyclic) bond motifs is 1. The number of hydrogen-bond donors (Lipinski definition) is 1. The van der Waals surface area contributed by atoms with Gasteiger partial charge in [-0.2, -0.15) is 0 Å². The Hall–Kier alpha value is -1.69. The van der Waals surface area contributed by atoms with Crippen LogP contribution in [0.5, 0.6) is 0 Å².